The van der Waals surface area contributed by atoms with Gasteiger partial charge < -0.3 is 4.74 Å². The van der Waals surface area contributed by atoms with Crippen molar-refractivity contribution < 1.29 is 13.2 Å². The van der Waals surface area contributed by atoms with Gasteiger partial charge in [-0.2, -0.15) is 4.31 Å². The van der Waals surface area contributed by atoms with E-state index >= 15 is 0 Å². The van der Waals surface area contributed by atoms with Crippen LogP contribution in [0.4, 0.5) is 0 Å². The van der Waals surface area contributed by atoms with E-state index in [-0.39, 0.29) is 16.8 Å². The van der Waals surface area contributed by atoms with E-state index in [2.05, 4.69) is 20.8 Å². The van der Waals surface area contributed by atoms with Crippen molar-refractivity contribution in [1.29, 1.82) is 0 Å². The normalized spacial score (nSPS) is 25.1. The number of nitrogens with zero attached hydrogens (tertiary/aromatic N) is 1. The van der Waals surface area contributed by atoms with Crippen LogP contribution in [-0.4, -0.2) is 43.8 Å². The summed E-state index contributed by atoms with van der Waals surface area (Å²) in [6, 6.07) is 0. The van der Waals surface area contributed by atoms with E-state index in [0.717, 1.165) is 19.3 Å². The summed E-state index contributed by atoms with van der Waals surface area (Å²) in [4.78, 5) is 0. The average molecular weight is 275 g/mol. The second kappa shape index (κ2) is 4.76. The Balaban J connectivity index is 1.97. The molecule has 0 bridgehead atoms. The zero-order valence-electron chi connectivity index (χ0n) is 11.7. The lowest BCUT2D eigenvalue weighted by atomic mass is 9.79. The molecule has 0 radical (unpaired) electrons. The van der Waals surface area contributed by atoms with Gasteiger partial charge in [0.15, 0.2) is 0 Å². The maximum Gasteiger partial charge on any atom is 0.214 e. The molecule has 1 saturated heterocycles. The highest BCUT2D eigenvalue weighted by molar-refractivity contribution is 7.89. The van der Waals surface area contributed by atoms with Gasteiger partial charge in [-0.05, 0) is 31.1 Å². The van der Waals surface area contributed by atoms with Gasteiger partial charge in [0.05, 0.1) is 18.0 Å². The van der Waals surface area contributed by atoms with Crippen LogP contribution in [0.2, 0.25) is 0 Å². The molecule has 2 aliphatic rings. The molecule has 2 rings (SSSR count). The van der Waals surface area contributed by atoms with Gasteiger partial charge >= 0.3 is 0 Å². The molecule has 0 atom stereocenters. The van der Waals surface area contributed by atoms with Crippen LogP contribution in [0.5, 0.6) is 0 Å². The standard InChI is InChI=1S/C13H25NO3S/c1-12(2,3)7-10-18(15,16)14-8-9-17-13(11-14)5-4-6-13/h4-11H2,1-3H3. The fourth-order valence-corrected chi connectivity index (χ4v) is 4.40. The van der Waals surface area contributed by atoms with Crippen molar-refractivity contribution in [2.45, 2.75) is 52.1 Å². The molecule has 5 heteroatoms. The van der Waals surface area contributed by atoms with Crippen LogP contribution in [0.3, 0.4) is 0 Å². The number of rotatable bonds is 3. The van der Waals surface area contributed by atoms with Crippen LogP contribution in [0.25, 0.3) is 0 Å². The highest BCUT2D eigenvalue weighted by Gasteiger charge is 2.44. The van der Waals surface area contributed by atoms with Crippen LogP contribution in [0, 0.1) is 5.41 Å². The molecule has 1 heterocycles. The Morgan fingerprint density at radius 3 is 2.44 bits per heavy atom. The lowest BCUT2D eigenvalue weighted by Crippen LogP contribution is -2.57. The molecular weight excluding hydrogens is 250 g/mol. The molecule has 0 aromatic rings. The summed E-state index contributed by atoms with van der Waals surface area (Å²) in [6.45, 7) is 7.88. The van der Waals surface area contributed by atoms with Gasteiger partial charge in [-0.15, -0.1) is 0 Å². The van der Waals surface area contributed by atoms with E-state index in [4.69, 9.17) is 4.74 Å². The van der Waals surface area contributed by atoms with E-state index in [9.17, 15) is 8.42 Å². The summed E-state index contributed by atoms with van der Waals surface area (Å²) >= 11 is 0. The Bertz CT molecular complexity index is 393. The lowest BCUT2D eigenvalue weighted by molar-refractivity contribution is -0.135. The van der Waals surface area contributed by atoms with Crippen molar-refractivity contribution in [3.8, 4) is 0 Å². The highest BCUT2D eigenvalue weighted by atomic mass is 32.2. The summed E-state index contributed by atoms with van der Waals surface area (Å²) in [5.74, 6) is 0.257. The van der Waals surface area contributed by atoms with Crippen molar-refractivity contribution in [2.24, 2.45) is 5.41 Å². The molecule has 1 aliphatic heterocycles. The van der Waals surface area contributed by atoms with E-state index in [1.165, 1.54) is 0 Å². The maximum absolute atomic E-state index is 12.3. The molecule has 0 aromatic carbocycles. The van der Waals surface area contributed by atoms with Crippen molar-refractivity contribution in [2.75, 3.05) is 25.4 Å². The second-order valence-electron chi connectivity index (χ2n) is 6.85. The first-order valence-corrected chi connectivity index (χ1v) is 8.45. The van der Waals surface area contributed by atoms with Crippen LogP contribution in [0.15, 0.2) is 0 Å². The van der Waals surface area contributed by atoms with E-state index in [0.29, 0.717) is 26.1 Å². The molecule has 0 aromatic heterocycles. The van der Waals surface area contributed by atoms with Gasteiger partial charge in [0.25, 0.3) is 0 Å². The number of hydrogen-bond donors (Lipinski definition) is 0. The molecule has 0 amide bonds. The van der Waals surface area contributed by atoms with Crippen LogP contribution in [-0.2, 0) is 14.8 Å². The third-order valence-corrected chi connectivity index (χ3v) is 5.80. The minimum Gasteiger partial charge on any atom is -0.372 e. The summed E-state index contributed by atoms with van der Waals surface area (Å²) in [5.41, 5.74) is -0.0828. The van der Waals surface area contributed by atoms with Gasteiger partial charge in [-0.3, -0.25) is 0 Å². The van der Waals surface area contributed by atoms with Crippen molar-refractivity contribution in [3.63, 3.8) is 0 Å². The molecule has 0 unspecified atom stereocenters. The maximum atomic E-state index is 12.3. The highest BCUT2D eigenvalue weighted by Crippen LogP contribution is 2.38. The van der Waals surface area contributed by atoms with Gasteiger partial charge in [0.1, 0.15) is 0 Å². The van der Waals surface area contributed by atoms with Gasteiger partial charge in [-0.1, -0.05) is 20.8 Å². The Hall–Kier alpha value is -0.130. The smallest absolute Gasteiger partial charge is 0.214 e. The molecule has 106 valence electrons. The third kappa shape index (κ3) is 3.25. The topological polar surface area (TPSA) is 46.6 Å². The Labute approximate surface area is 111 Å². The van der Waals surface area contributed by atoms with Crippen LogP contribution in [0.1, 0.15) is 46.5 Å². The molecular formula is C13H25NO3S. The second-order valence-corrected chi connectivity index (χ2v) is 8.93. The molecule has 2 fully saturated rings. The first-order chi connectivity index (χ1) is 8.23. The first-order valence-electron chi connectivity index (χ1n) is 6.84. The Morgan fingerprint density at radius 2 is 1.94 bits per heavy atom. The molecule has 0 N–H and O–H groups in total. The quantitative estimate of drug-likeness (QED) is 0.791. The summed E-state index contributed by atoms with van der Waals surface area (Å²) in [5, 5.41) is 0. The molecule has 1 aliphatic carbocycles. The summed E-state index contributed by atoms with van der Waals surface area (Å²) in [6.07, 6.45) is 3.89. The Morgan fingerprint density at radius 1 is 1.28 bits per heavy atom. The largest absolute Gasteiger partial charge is 0.372 e. The fourth-order valence-electron chi connectivity index (χ4n) is 2.49. The van der Waals surface area contributed by atoms with Gasteiger partial charge in [0, 0.05) is 13.1 Å². The summed E-state index contributed by atoms with van der Waals surface area (Å²) in [7, 11) is -3.11. The van der Waals surface area contributed by atoms with Crippen LogP contribution < -0.4 is 0 Å². The fraction of sp³-hybridized carbons (Fsp3) is 1.00. The first kappa shape index (κ1) is 14.3. The predicted octanol–water partition coefficient (Wildman–Crippen LogP) is 2.01. The van der Waals surface area contributed by atoms with E-state index < -0.39 is 10.0 Å². The zero-order valence-corrected chi connectivity index (χ0v) is 12.6. The average Bonchev–Trinajstić information content (AvgIpc) is 2.24. The van der Waals surface area contributed by atoms with Gasteiger partial charge in [0.2, 0.25) is 10.0 Å². The van der Waals surface area contributed by atoms with E-state index in [1.807, 2.05) is 0 Å². The van der Waals surface area contributed by atoms with Crippen molar-refractivity contribution in [1.82, 2.24) is 4.31 Å². The predicted molar refractivity (Wildman–Crippen MR) is 72.0 cm³/mol. The van der Waals surface area contributed by atoms with E-state index in [1.54, 1.807) is 4.31 Å². The number of sulfonamides is 1. The zero-order chi connectivity index (χ0) is 13.4. The van der Waals surface area contributed by atoms with Crippen molar-refractivity contribution >= 4 is 10.0 Å². The third-order valence-electron chi connectivity index (χ3n) is 3.98. The monoisotopic (exact) mass is 275 g/mol. The SMILES string of the molecule is CC(C)(C)CCS(=O)(=O)N1CCOC2(CCC2)C1. The number of morpholine rings is 1. The molecule has 1 saturated carbocycles. The van der Waals surface area contributed by atoms with Crippen LogP contribution >= 0.6 is 0 Å². The minimum absolute atomic E-state index is 0.0630. The number of hydrogen-bond acceptors (Lipinski definition) is 3. The molecule has 18 heavy (non-hydrogen) atoms. The summed E-state index contributed by atoms with van der Waals surface area (Å²) < 4.78 is 32.1. The lowest BCUT2D eigenvalue weighted by Gasteiger charge is -2.47. The van der Waals surface area contributed by atoms with Crippen molar-refractivity contribution in [3.05, 3.63) is 0 Å². The molecule has 1 spiro atoms. The number of ether oxygens (including phenoxy) is 1. The molecule has 4 nitrogen and oxygen atoms in total. The van der Waals surface area contributed by atoms with Gasteiger partial charge in [-0.25, -0.2) is 8.42 Å². The Kier molecular flexibility index (Phi) is 3.78. The minimum atomic E-state index is -3.11.